The molecule has 0 spiro atoms. The third kappa shape index (κ3) is 3.36. The molecule has 0 aliphatic carbocycles. The fourth-order valence-corrected chi connectivity index (χ4v) is 4.96. The number of hydrogen-bond donors (Lipinski definition) is 1. The standard InChI is InChI=1S/C11H8Br2FNO2S2/c1-6-4-10(18-11(6)13)19(16,17)15-9-3-2-7(12)5-8(9)14/h2-5,15H,1H3. The number of thiophene rings is 1. The van der Waals surface area contributed by atoms with Crippen LogP contribution >= 0.6 is 43.2 Å². The number of benzene rings is 1. The highest BCUT2D eigenvalue weighted by Gasteiger charge is 2.19. The van der Waals surface area contributed by atoms with Gasteiger partial charge < -0.3 is 0 Å². The lowest BCUT2D eigenvalue weighted by Gasteiger charge is -2.07. The van der Waals surface area contributed by atoms with Crippen molar-refractivity contribution in [3.63, 3.8) is 0 Å². The van der Waals surface area contributed by atoms with Crippen molar-refractivity contribution >= 4 is 58.9 Å². The fourth-order valence-electron chi connectivity index (χ4n) is 1.33. The summed E-state index contributed by atoms with van der Waals surface area (Å²) in [5.41, 5.74) is 0.743. The van der Waals surface area contributed by atoms with E-state index in [4.69, 9.17) is 0 Å². The topological polar surface area (TPSA) is 46.2 Å². The number of aryl methyl sites for hydroxylation is 1. The highest BCUT2D eigenvalue weighted by molar-refractivity contribution is 9.11. The fraction of sp³-hybridized carbons (Fsp3) is 0.0909. The molecule has 0 atom stereocenters. The first-order chi connectivity index (χ1) is 8.79. The Bertz CT molecular complexity index is 709. The maximum Gasteiger partial charge on any atom is 0.271 e. The molecule has 0 aliphatic heterocycles. The SMILES string of the molecule is Cc1cc(S(=O)(=O)Nc2ccc(Br)cc2F)sc1Br. The first kappa shape index (κ1) is 15.0. The molecular weight excluding hydrogens is 421 g/mol. The molecule has 0 radical (unpaired) electrons. The van der Waals surface area contributed by atoms with Gasteiger partial charge in [0.2, 0.25) is 0 Å². The van der Waals surface area contributed by atoms with Crippen molar-refractivity contribution in [2.24, 2.45) is 0 Å². The molecule has 8 heteroatoms. The predicted octanol–water partition coefficient (Wildman–Crippen LogP) is 4.52. The number of nitrogens with one attached hydrogen (secondary N) is 1. The quantitative estimate of drug-likeness (QED) is 0.780. The normalized spacial score (nSPS) is 11.6. The van der Waals surface area contributed by atoms with Crippen LogP contribution in [0.15, 0.2) is 36.7 Å². The van der Waals surface area contributed by atoms with Gasteiger partial charge in [0.1, 0.15) is 10.0 Å². The second kappa shape index (κ2) is 5.51. The zero-order valence-corrected chi connectivity index (χ0v) is 14.4. The van der Waals surface area contributed by atoms with Crippen molar-refractivity contribution in [2.75, 3.05) is 4.72 Å². The Hall–Kier alpha value is -0.440. The molecule has 0 fully saturated rings. The van der Waals surface area contributed by atoms with Gasteiger partial charge in [0, 0.05) is 4.47 Å². The molecule has 0 unspecified atom stereocenters. The Morgan fingerprint density at radius 3 is 2.47 bits per heavy atom. The molecular formula is C11H8Br2FNO2S2. The minimum atomic E-state index is -3.77. The van der Waals surface area contributed by atoms with E-state index < -0.39 is 15.8 Å². The van der Waals surface area contributed by atoms with E-state index in [0.717, 1.165) is 20.7 Å². The molecule has 1 aromatic carbocycles. The van der Waals surface area contributed by atoms with E-state index in [2.05, 4.69) is 36.6 Å². The molecule has 0 saturated heterocycles. The minimum absolute atomic E-state index is 0.0784. The molecule has 1 aromatic heterocycles. The highest BCUT2D eigenvalue weighted by atomic mass is 79.9. The smallest absolute Gasteiger partial charge is 0.271 e. The van der Waals surface area contributed by atoms with E-state index in [-0.39, 0.29) is 9.90 Å². The van der Waals surface area contributed by atoms with E-state index in [1.807, 2.05) is 0 Å². The van der Waals surface area contributed by atoms with Gasteiger partial charge in [0.25, 0.3) is 10.0 Å². The van der Waals surface area contributed by atoms with Gasteiger partial charge in [-0.15, -0.1) is 11.3 Å². The van der Waals surface area contributed by atoms with Gasteiger partial charge in [-0.25, -0.2) is 12.8 Å². The molecule has 3 nitrogen and oxygen atoms in total. The Kier molecular flexibility index (Phi) is 4.34. The molecule has 102 valence electrons. The monoisotopic (exact) mass is 427 g/mol. The van der Waals surface area contributed by atoms with Crippen molar-refractivity contribution in [2.45, 2.75) is 11.1 Å². The summed E-state index contributed by atoms with van der Waals surface area (Å²) in [6.07, 6.45) is 0. The number of anilines is 1. The Balaban J connectivity index is 2.36. The van der Waals surface area contributed by atoms with Gasteiger partial charge in [-0.05, 0) is 52.7 Å². The van der Waals surface area contributed by atoms with E-state index in [1.54, 1.807) is 13.0 Å². The van der Waals surface area contributed by atoms with Gasteiger partial charge in [-0.1, -0.05) is 15.9 Å². The van der Waals surface area contributed by atoms with Crippen LogP contribution in [-0.2, 0) is 10.0 Å². The predicted molar refractivity (Wildman–Crippen MR) is 81.7 cm³/mol. The molecule has 0 aliphatic rings. The summed E-state index contributed by atoms with van der Waals surface area (Å²) in [4.78, 5) is 0. The van der Waals surface area contributed by atoms with Crippen LogP contribution in [0.4, 0.5) is 10.1 Å². The molecule has 0 saturated carbocycles. The van der Waals surface area contributed by atoms with Gasteiger partial charge in [0.15, 0.2) is 0 Å². The van der Waals surface area contributed by atoms with E-state index in [1.165, 1.54) is 18.2 Å². The first-order valence-corrected chi connectivity index (χ1v) is 8.92. The van der Waals surface area contributed by atoms with Crippen LogP contribution in [0.2, 0.25) is 0 Å². The van der Waals surface area contributed by atoms with E-state index >= 15 is 0 Å². The van der Waals surface area contributed by atoms with Crippen LogP contribution in [0.3, 0.4) is 0 Å². The van der Waals surface area contributed by atoms with Crippen LogP contribution in [0, 0.1) is 12.7 Å². The van der Waals surface area contributed by atoms with Crippen molar-refractivity contribution in [3.8, 4) is 0 Å². The van der Waals surface area contributed by atoms with Gasteiger partial charge in [-0.3, -0.25) is 4.72 Å². The van der Waals surface area contributed by atoms with Crippen LogP contribution < -0.4 is 4.72 Å². The van der Waals surface area contributed by atoms with E-state index in [9.17, 15) is 12.8 Å². The summed E-state index contributed by atoms with van der Waals surface area (Å²) < 4.78 is 41.5. The van der Waals surface area contributed by atoms with Crippen molar-refractivity contribution < 1.29 is 12.8 Å². The summed E-state index contributed by atoms with van der Waals surface area (Å²) in [5, 5.41) is 0. The molecule has 1 heterocycles. The maximum absolute atomic E-state index is 13.6. The van der Waals surface area contributed by atoms with Gasteiger partial charge in [0.05, 0.1) is 9.47 Å². The van der Waals surface area contributed by atoms with Crippen LogP contribution in [0.5, 0.6) is 0 Å². The summed E-state index contributed by atoms with van der Waals surface area (Å²) in [5.74, 6) is -0.634. The third-order valence-electron chi connectivity index (χ3n) is 2.27. The van der Waals surface area contributed by atoms with Crippen LogP contribution in [0.25, 0.3) is 0 Å². The lowest BCUT2D eigenvalue weighted by Crippen LogP contribution is -2.12. The summed E-state index contributed by atoms with van der Waals surface area (Å²) in [6, 6.07) is 5.67. The number of sulfonamides is 1. The number of hydrogen-bond acceptors (Lipinski definition) is 3. The lowest BCUT2D eigenvalue weighted by atomic mass is 10.3. The van der Waals surface area contributed by atoms with Crippen molar-refractivity contribution in [1.82, 2.24) is 0 Å². The lowest BCUT2D eigenvalue weighted by molar-refractivity contribution is 0.600. The first-order valence-electron chi connectivity index (χ1n) is 5.03. The maximum atomic E-state index is 13.6. The average molecular weight is 429 g/mol. The molecule has 2 rings (SSSR count). The van der Waals surface area contributed by atoms with Crippen LogP contribution in [0.1, 0.15) is 5.56 Å². The Morgan fingerprint density at radius 1 is 1.26 bits per heavy atom. The summed E-state index contributed by atoms with van der Waals surface area (Å²) in [7, 11) is -3.77. The second-order valence-electron chi connectivity index (χ2n) is 3.75. The third-order valence-corrected chi connectivity index (χ3v) is 6.74. The minimum Gasteiger partial charge on any atom is -0.276 e. The molecule has 0 bridgehead atoms. The van der Waals surface area contributed by atoms with Crippen LogP contribution in [-0.4, -0.2) is 8.42 Å². The zero-order valence-electron chi connectivity index (χ0n) is 9.58. The average Bonchev–Trinajstić information content (AvgIpc) is 2.64. The van der Waals surface area contributed by atoms with E-state index in [0.29, 0.717) is 4.47 Å². The molecule has 19 heavy (non-hydrogen) atoms. The molecule has 0 amide bonds. The molecule has 1 N–H and O–H groups in total. The number of halogens is 3. The second-order valence-corrected chi connectivity index (χ2v) is 8.95. The summed E-state index contributed by atoms with van der Waals surface area (Å²) in [6.45, 7) is 1.79. The zero-order chi connectivity index (χ0) is 14.2. The Labute approximate surface area is 131 Å². The highest BCUT2D eigenvalue weighted by Crippen LogP contribution is 2.32. The molecule has 2 aromatic rings. The van der Waals surface area contributed by atoms with Crippen molar-refractivity contribution in [3.05, 3.63) is 43.9 Å². The number of rotatable bonds is 3. The van der Waals surface area contributed by atoms with Gasteiger partial charge in [-0.2, -0.15) is 0 Å². The largest absolute Gasteiger partial charge is 0.276 e. The van der Waals surface area contributed by atoms with Gasteiger partial charge >= 0.3 is 0 Å². The summed E-state index contributed by atoms with van der Waals surface area (Å²) >= 11 is 7.46. The van der Waals surface area contributed by atoms with Crippen molar-refractivity contribution in [1.29, 1.82) is 0 Å². The Morgan fingerprint density at radius 2 is 1.95 bits per heavy atom.